The van der Waals surface area contributed by atoms with E-state index in [1.54, 1.807) is 0 Å². The zero-order chi connectivity index (χ0) is 14.8. The van der Waals surface area contributed by atoms with Crippen LogP contribution in [0.3, 0.4) is 0 Å². The molecule has 1 saturated heterocycles. The van der Waals surface area contributed by atoms with Gasteiger partial charge in [-0.2, -0.15) is 0 Å². The third-order valence-corrected chi connectivity index (χ3v) is 4.09. The van der Waals surface area contributed by atoms with Crippen LogP contribution in [0.15, 0.2) is 24.3 Å². The van der Waals surface area contributed by atoms with E-state index in [1.807, 2.05) is 25.1 Å². The van der Waals surface area contributed by atoms with Crippen molar-refractivity contribution in [3.8, 4) is 0 Å². The molecule has 0 aliphatic carbocycles. The first-order valence-corrected chi connectivity index (χ1v) is 7.55. The highest BCUT2D eigenvalue weighted by Crippen LogP contribution is 2.25. The zero-order valence-corrected chi connectivity index (χ0v) is 13.1. The third-order valence-electron chi connectivity index (χ3n) is 4.09. The van der Waals surface area contributed by atoms with Gasteiger partial charge in [0, 0.05) is 49.4 Å². The van der Waals surface area contributed by atoms with Gasteiger partial charge in [0.15, 0.2) is 5.78 Å². The summed E-state index contributed by atoms with van der Waals surface area (Å²) < 4.78 is 0. The second kappa shape index (κ2) is 5.96. The SMILES string of the molecule is CCC(=O)c1ccccc1N1CCN(C(C)(C)C)CC1. The number of carbonyl (C=O) groups excluding carboxylic acids is 1. The van der Waals surface area contributed by atoms with E-state index in [1.165, 1.54) is 0 Å². The maximum atomic E-state index is 12.1. The Morgan fingerprint density at radius 3 is 2.25 bits per heavy atom. The molecule has 1 aromatic carbocycles. The van der Waals surface area contributed by atoms with E-state index in [2.05, 4.69) is 36.6 Å². The Kier molecular flexibility index (Phi) is 4.48. The van der Waals surface area contributed by atoms with Crippen molar-refractivity contribution in [1.29, 1.82) is 0 Å². The first-order valence-electron chi connectivity index (χ1n) is 7.55. The van der Waals surface area contributed by atoms with E-state index in [4.69, 9.17) is 0 Å². The Morgan fingerprint density at radius 2 is 1.70 bits per heavy atom. The topological polar surface area (TPSA) is 23.6 Å². The number of benzene rings is 1. The van der Waals surface area contributed by atoms with Crippen LogP contribution < -0.4 is 4.90 Å². The summed E-state index contributed by atoms with van der Waals surface area (Å²) in [7, 11) is 0. The normalized spacial score (nSPS) is 17.3. The summed E-state index contributed by atoms with van der Waals surface area (Å²) in [6, 6.07) is 8.02. The molecule has 3 heteroatoms. The maximum absolute atomic E-state index is 12.1. The molecule has 0 bridgehead atoms. The molecule has 3 nitrogen and oxygen atoms in total. The molecule has 2 rings (SSSR count). The van der Waals surface area contributed by atoms with Crippen molar-refractivity contribution in [1.82, 2.24) is 4.90 Å². The number of ketones is 1. The Bertz CT molecular complexity index is 468. The monoisotopic (exact) mass is 274 g/mol. The molecule has 1 aromatic rings. The van der Waals surface area contributed by atoms with Crippen molar-refractivity contribution in [2.45, 2.75) is 39.7 Å². The fraction of sp³-hybridized carbons (Fsp3) is 0.588. The molecule has 0 aromatic heterocycles. The van der Waals surface area contributed by atoms with E-state index in [0.29, 0.717) is 6.42 Å². The minimum atomic E-state index is 0.227. The second-order valence-corrected chi connectivity index (χ2v) is 6.44. The Balaban J connectivity index is 2.13. The molecule has 1 aliphatic heterocycles. The average Bonchev–Trinajstić information content (AvgIpc) is 2.45. The molecule has 0 amide bonds. The summed E-state index contributed by atoms with van der Waals surface area (Å²) in [5.74, 6) is 0.235. The first-order chi connectivity index (χ1) is 9.43. The fourth-order valence-electron chi connectivity index (χ4n) is 2.79. The number of Topliss-reactive ketones (excluding diaryl/α,β-unsaturated/α-hetero) is 1. The maximum Gasteiger partial charge on any atom is 0.164 e. The molecule has 0 unspecified atom stereocenters. The van der Waals surface area contributed by atoms with Gasteiger partial charge < -0.3 is 4.90 Å². The highest BCUT2D eigenvalue weighted by Gasteiger charge is 2.27. The van der Waals surface area contributed by atoms with Gasteiger partial charge in [0.05, 0.1) is 0 Å². The Labute approximate surface area is 122 Å². The molecule has 0 radical (unpaired) electrons. The van der Waals surface area contributed by atoms with Crippen molar-refractivity contribution in [2.75, 3.05) is 31.1 Å². The lowest BCUT2D eigenvalue weighted by molar-refractivity contribution is 0.0987. The van der Waals surface area contributed by atoms with Crippen molar-refractivity contribution >= 4 is 11.5 Å². The number of nitrogens with zero attached hydrogens (tertiary/aromatic N) is 2. The van der Waals surface area contributed by atoms with Gasteiger partial charge in [-0.3, -0.25) is 9.69 Å². The van der Waals surface area contributed by atoms with Crippen molar-refractivity contribution in [3.63, 3.8) is 0 Å². The predicted molar refractivity (Wildman–Crippen MR) is 84.6 cm³/mol. The minimum absolute atomic E-state index is 0.227. The van der Waals surface area contributed by atoms with Crippen molar-refractivity contribution in [3.05, 3.63) is 29.8 Å². The highest BCUT2D eigenvalue weighted by molar-refractivity contribution is 6.01. The number of para-hydroxylation sites is 1. The van der Waals surface area contributed by atoms with Crippen LogP contribution >= 0.6 is 0 Å². The summed E-state index contributed by atoms with van der Waals surface area (Å²) in [6.45, 7) is 12.8. The largest absolute Gasteiger partial charge is 0.368 e. The van der Waals surface area contributed by atoms with E-state index in [0.717, 1.165) is 37.4 Å². The third kappa shape index (κ3) is 3.21. The van der Waals surface area contributed by atoms with Crippen LogP contribution in [0.1, 0.15) is 44.5 Å². The highest BCUT2D eigenvalue weighted by atomic mass is 16.1. The summed E-state index contributed by atoms with van der Waals surface area (Å²) in [6.07, 6.45) is 0.568. The molecule has 1 heterocycles. The first kappa shape index (κ1) is 15.0. The Morgan fingerprint density at radius 1 is 1.10 bits per heavy atom. The molecule has 0 spiro atoms. The second-order valence-electron chi connectivity index (χ2n) is 6.44. The van der Waals surface area contributed by atoms with Crippen LogP contribution in [-0.4, -0.2) is 42.4 Å². The lowest BCUT2D eigenvalue weighted by Gasteiger charge is -2.43. The van der Waals surface area contributed by atoms with Gasteiger partial charge in [-0.05, 0) is 32.9 Å². The number of hydrogen-bond acceptors (Lipinski definition) is 3. The van der Waals surface area contributed by atoms with Gasteiger partial charge in [0.25, 0.3) is 0 Å². The molecular weight excluding hydrogens is 248 g/mol. The minimum Gasteiger partial charge on any atom is -0.368 e. The standard InChI is InChI=1S/C17H26N2O/c1-5-16(20)14-8-6-7-9-15(14)18-10-12-19(13-11-18)17(2,3)4/h6-9H,5,10-13H2,1-4H3. The quantitative estimate of drug-likeness (QED) is 0.791. The molecule has 1 fully saturated rings. The summed E-state index contributed by atoms with van der Waals surface area (Å²) in [4.78, 5) is 16.9. The van der Waals surface area contributed by atoms with E-state index in [-0.39, 0.29) is 11.3 Å². The number of hydrogen-bond donors (Lipinski definition) is 0. The van der Waals surface area contributed by atoms with Crippen LogP contribution in [0.25, 0.3) is 0 Å². The van der Waals surface area contributed by atoms with Gasteiger partial charge in [0.2, 0.25) is 0 Å². The molecule has 0 saturated carbocycles. The molecule has 0 N–H and O–H groups in total. The lowest BCUT2D eigenvalue weighted by Crippen LogP contribution is -2.53. The van der Waals surface area contributed by atoms with Gasteiger partial charge in [0.1, 0.15) is 0 Å². The zero-order valence-electron chi connectivity index (χ0n) is 13.1. The van der Waals surface area contributed by atoms with E-state index in [9.17, 15) is 4.79 Å². The summed E-state index contributed by atoms with van der Waals surface area (Å²) >= 11 is 0. The van der Waals surface area contributed by atoms with Crippen LogP contribution in [0.5, 0.6) is 0 Å². The van der Waals surface area contributed by atoms with Gasteiger partial charge >= 0.3 is 0 Å². The van der Waals surface area contributed by atoms with Gasteiger partial charge in [-0.1, -0.05) is 19.1 Å². The van der Waals surface area contributed by atoms with Crippen LogP contribution in [0.4, 0.5) is 5.69 Å². The molecule has 0 atom stereocenters. The number of piperazine rings is 1. The fourth-order valence-corrected chi connectivity index (χ4v) is 2.79. The van der Waals surface area contributed by atoms with Crippen LogP contribution in [0.2, 0.25) is 0 Å². The predicted octanol–water partition coefficient (Wildman–Crippen LogP) is 3.20. The van der Waals surface area contributed by atoms with E-state index >= 15 is 0 Å². The smallest absolute Gasteiger partial charge is 0.164 e. The molecular formula is C17H26N2O. The molecule has 110 valence electrons. The Hall–Kier alpha value is -1.35. The molecule has 20 heavy (non-hydrogen) atoms. The van der Waals surface area contributed by atoms with Gasteiger partial charge in [-0.15, -0.1) is 0 Å². The van der Waals surface area contributed by atoms with Crippen molar-refractivity contribution in [2.24, 2.45) is 0 Å². The van der Waals surface area contributed by atoms with Crippen molar-refractivity contribution < 1.29 is 4.79 Å². The van der Waals surface area contributed by atoms with Crippen LogP contribution in [0, 0.1) is 0 Å². The number of carbonyl (C=O) groups is 1. The van der Waals surface area contributed by atoms with E-state index < -0.39 is 0 Å². The van der Waals surface area contributed by atoms with Crippen LogP contribution in [-0.2, 0) is 0 Å². The van der Waals surface area contributed by atoms with Gasteiger partial charge in [-0.25, -0.2) is 0 Å². The summed E-state index contributed by atoms with van der Waals surface area (Å²) in [5.41, 5.74) is 2.21. The number of anilines is 1. The average molecular weight is 274 g/mol. The molecule has 1 aliphatic rings. The summed E-state index contributed by atoms with van der Waals surface area (Å²) in [5, 5.41) is 0. The lowest BCUT2D eigenvalue weighted by atomic mass is 10.0. The number of rotatable bonds is 3.